The van der Waals surface area contributed by atoms with Gasteiger partial charge >= 0.3 is 0 Å². The Bertz CT molecular complexity index is 855. The van der Waals surface area contributed by atoms with E-state index in [2.05, 4.69) is 15.4 Å². The summed E-state index contributed by atoms with van der Waals surface area (Å²) in [4.78, 5) is 4.41. The number of aromatic nitrogens is 3. The van der Waals surface area contributed by atoms with E-state index in [-0.39, 0.29) is 6.10 Å². The zero-order valence-electron chi connectivity index (χ0n) is 13.2. The summed E-state index contributed by atoms with van der Waals surface area (Å²) in [6.45, 7) is 0. The van der Waals surface area contributed by atoms with Crippen LogP contribution in [0.4, 0.5) is 5.82 Å². The van der Waals surface area contributed by atoms with Gasteiger partial charge in [0, 0.05) is 11.6 Å². The molecule has 0 radical (unpaired) electrons. The molecule has 0 atom stereocenters. The fourth-order valence-electron chi connectivity index (χ4n) is 3.23. The Kier molecular flexibility index (Phi) is 4.12. The van der Waals surface area contributed by atoms with Crippen LogP contribution in [0.15, 0.2) is 42.6 Å². The second kappa shape index (κ2) is 6.42. The minimum Gasteiger partial charge on any atom is -0.393 e. The fraction of sp³-hybridized carbons (Fsp3) is 0.333. The Labute approximate surface area is 145 Å². The molecule has 1 fully saturated rings. The summed E-state index contributed by atoms with van der Waals surface area (Å²) in [6.07, 6.45) is 5.25. The van der Waals surface area contributed by atoms with Crippen LogP contribution in [0.3, 0.4) is 0 Å². The van der Waals surface area contributed by atoms with E-state index in [0.717, 1.165) is 48.4 Å². The molecule has 1 aromatic carbocycles. The molecule has 0 saturated heterocycles. The summed E-state index contributed by atoms with van der Waals surface area (Å²) in [5, 5.41) is 18.5. The van der Waals surface area contributed by atoms with Gasteiger partial charge in [-0.1, -0.05) is 29.8 Å². The maximum atomic E-state index is 9.63. The first-order valence-corrected chi connectivity index (χ1v) is 8.63. The van der Waals surface area contributed by atoms with Crippen LogP contribution in [-0.2, 0) is 0 Å². The van der Waals surface area contributed by atoms with E-state index < -0.39 is 0 Å². The lowest BCUT2D eigenvalue weighted by Gasteiger charge is -2.26. The molecule has 124 valence electrons. The van der Waals surface area contributed by atoms with E-state index >= 15 is 0 Å². The van der Waals surface area contributed by atoms with Gasteiger partial charge in [0.15, 0.2) is 5.65 Å². The summed E-state index contributed by atoms with van der Waals surface area (Å²) in [7, 11) is 0. The molecule has 0 spiro atoms. The van der Waals surface area contributed by atoms with Gasteiger partial charge in [-0.25, -0.2) is 9.50 Å². The number of hydrogen-bond acceptors (Lipinski definition) is 4. The predicted octanol–water partition coefficient (Wildman–Crippen LogP) is 3.77. The van der Waals surface area contributed by atoms with Crippen molar-refractivity contribution in [1.29, 1.82) is 0 Å². The van der Waals surface area contributed by atoms with Gasteiger partial charge in [-0.2, -0.15) is 0 Å². The molecule has 2 aromatic heterocycles. The van der Waals surface area contributed by atoms with Gasteiger partial charge in [0.05, 0.1) is 23.0 Å². The zero-order valence-corrected chi connectivity index (χ0v) is 13.9. The van der Waals surface area contributed by atoms with E-state index in [4.69, 9.17) is 11.6 Å². The number of hydrogen-bond donors (Lipinski definition) is 2. The number of benzene rings is 1. The van der Waals surface area contributed by atoms with Crippen LogP contribution < -0.4 is 5.32 Å². The molecular weight excluding hydrogens is 324 g/mol. The summed E-state index contributed by atoms with van der Waals surface area (Å²) in [5.41, 5.74) is 2.57. The quantitative estimate of drug-likeness (QED) is 0.760. The first-order chi connectivity index (χ1) is 11.7. The van der Waals surface area contributed by atoms with Crippen molar-refractivity contribution in [2.45, 2.75) is 37.8 Å². The number of aliphatic hydroxyl groups excluding tert-OH is 1. The maximum Gasteiger partial charge on any atom is 0.154 e. The second-order valence-corrected chi connectivity index (χ2v) is 6.67. The highest BCUT2D eigenvalue weighted by Crippen LogP contribution is 2.28. The first kappa shape index (κ1) is 15.4. The molecule has 1 aliphatic rings. The molecule has 3 aromatic rings. The number of fused-ring (bicyclic) bond motifs is 1. The van der Waals surface area contributed by atoms with E-state index in [1.54, 1.807) is 6.20 Å². The Morgan fingerprint density at radius 1 is 1.08 bits per heavy atom. The van der Waals surface area contributed by atoms with Gasteiger partial charge in [-0.15, -0.1) is 5.10 Å². The van der Waals surface area contributed by atoms with Crippen molar-refractivity contribution in [1.82, 2.24) is 14.6 Å². The number of aliphatic hydroxyl groups is 1. The van der Waals surface area contributed by atoms with Gasteiger partial charge in [-0.3, -0.25) is 0 Å². The standard InChI is InChI=1S/C18H19ClN4O/c19-15-4-2-1-3-14(15)16-11-20-18-10-9-17(22-23(16)18)21-12-5-7-13(24)8-6-12/h1-4,9-13,24H,5-8H2,(H,21,22)/t12-,13-. The molecule has 0 amide bonds. The van der Waals surface area contributed by atoms with Crippen molar-refractivity contribution in [2.24, 2.45) is 0 Å². The van der Waals surface area contributed by atoms with Crippen molar-refractivity contribution >= 4 is 23.1 Å². The Hall–Kier alpha value is -2.11. The number of imidazole rings is 1. The van der Waals surface area contributed by atoms with Gasteiger partial charge in [0.2, 0.25) is 0 Å². The molecule has 0 unspecified atom stereocenters. The summed E-state index contributed by atoms with van der Waals surface area (Å²) in [6, 6.07) is 12.0. The summed E-state index contributed by atoms with van der Waals surface area (Å²) < 4.78 is 1.82. The van der Waals surface area contributed by atoms with Gasteiger partial charge in [0.1, 0.15) is 5.82 Å². The minimum absolute atomic E-state index is 0.154. The largest absolute Gasteiger partial charge is 0.393 e. The third-order valence-corrected chi connectivity index (χ3v) is 4.89. The van der Waals surface area contributed by atoms with Gasteiger partial charge in [-0.05, 0) is 43.9 Å². The molecule has 2 N–H and O–H groups in total. The molecule has 6 heteroatoms. The normalized spacial score (nSPS) is 21.1. The number of rotatable bonds is 3. The summed E-state index contributed by atoms with van der Waals surface area (Å²) in [5.74, 6) is 0.815. The van der Waals surface area contributed by atoms with Crippen molar-refractivity contribution in [3.05, 3.63) is 47.6 Å². The van der Waals surface area contributed by atoms with E-state index in [0.29, 0.717) is 11.1 Å². The van der Waals surface area contributed by atoms with Crippen LogP contribution in [0.2, 0.25) is 5.02 Å². The lowest BCUT2D eigenvalue weighted by Crippen LogP contribution is -2.28. The third kappa shape index (κ3) is 2.97. The Morgan fingerprint density at radius 2 is 1.88 bits per heavy atom. The molecule has 24 heavy (non-hydrogen) atoms. The van der Waals surface area contributed by atoms with Crippen LogP contribution in [0, 0.1) is 0 Å². The smallest absolute Gasteiger partial charge is 0.154 e. The Balaban J connectivity index is 1.65. The molecule has 1 aliphatic carbocycles. The monoisotopic (exact) mass is 342 g/mol. The van der Waals surface area contributed by atoms with Crippen LogP contribution >= 0.6 is 11.6 Å². The zero-order chi connectivity index (χ0) is 16.5. The number of anilines is 1. The average Bonchev–Trinajstić information content (AvgIpc) is 3.00. The SMILES string of the molecule is O[C@H]1CC[C@H](Nc2ccc3ncc(-c4ccccc4Cl)n3n2)CC1. The number of halogens is 1. The molecular formula is C18H19ClN4O. The second-order valence-electron chi connectivity index (χ2n) is 6.26. The Morgan fingerprint density at radius 3 is 2.67 bits per heavy atom. The molecule has 1 saturated carbocycles. The van der Waals surface area contributed by atoms with Crippen LogP contribution in [0.1, 0.15) is 25.7 Å². The first-order valence-electron chi connectivity index (χ1n) is 8.25. The molecule has 2 heterocycles. The van der Waals surface area contributed by atoms with Crippen molar-refractivity contribution in [2.75, 3.05) is 5.32 Å². The van der Waals surface area contributed by atoms with Crippen LogP contribution in [0.5, 0.6) is 0 Å². The average molecular weight is 343 g/mol. The molecule has 0 bridgehead atoms. The van der Waals surface area contributed by atoms with Crippen molar-refractivity contribution in [3.8, 4) is 11.3 Å². The van der Waals surface area contributed by atoms with E-state index in [1.165, 1.54) is 0 Å². The lowest BCUT2D eigenvalue weighted by atomic mass is 9.93. The van der Waals surface area contributed by atoms with Crippen molar-refractivity contribution < 1.29 is 5.11 Å². The van der Waals surface area contributed by atoms with Gasteiger partial charge < -0.3 is 10.4 Å². The molecule has 4 rings (SSSR count). The fourth-order valence-corrected chi connectivity index (χ4v) is 3.46. The predicted molar refractivity (Wildman–Crippen MR) is 95.3 cm³/mol. The van der Waals surface area contributed by atoms with Crippen molar-refractivity contribution in [3.63, 3.8) is 0 Å². The molecule has 0 aliphatic heterocycles. The highest BCUT2D eigenvalue weighted by Gasteiger charge is 2.20. The highest BCUT2D eigenvalue weighted by molar-refractivity contribution is 6.33. The molecule has 5 nitrogen and oxygen atoms in total. The third-order valence-electron chi connectivity index (χ3n) is 4.56. The van der Waals surface area contributed by atoms with Gasteiger partial charge in [0.25, 0.3) is 0 Å². The van der Waals surface area contributed by atoms with E-state index in [9.17, 15) is 5.11 Å². The minimum atomic E-state index is -0.154. The summed E-state index contributed by atoms with van der Waals surface area (Å²) >= 11 is 6.32. The van der Waals surface area contributed by atoms with Crippen LogP contribution in [0.25, 0.3) is 16.9 Å². The number of nitrogens with zero attached hydrogens (tertiary/aromatic N) is 3. The number of nitrogens with one attached hydrogen (secondary N) is 1. The van der Waals surface area contributed by atoms with Crippen LogP contribution in [-0.4, -0.2) is 31.9 Å². The van der Waals surface area contributed by atoms with E-state index in [1.807, 2.05) is 40.9 Å². The maximum absolute atomic E-state index is 9.63. The topological polar surface area (TPSA) is 62.5 Å². The lowest BCUT2D eigenvalue weighted by molar-refractivity contribution is 0.126. The highest BCUT2D eigenvalue weighted by atomic mass is 35.5.